The Morgan fingerprint density at radius 3 is 2.33 bits per heavy atom. The minimum absolute atomic E-state index is 0.0308. The van der Waals surface area contributed by atoms with Crippen LogP contribution in [0.2, 0.25) is 10.0 Å². The molecule has 0 aliphatic carbocycles. The summed E-state index contributed by atoms with van der Waals surface area (Å²) in [5.74, 6) is -0.332. The van der Waals surface area contributed by atoms with Crippen LogP contribution in [0.5, 0.6) is 0 Å². The van der Waals surface area contributed by atoms with E-state index >= 15 is 0 Å². The molecule has 2 aromatic rings. The largest absolute Gasteiger partial charge is 0.339 e. The van der Waals surface area contributed by atoms with Crippen molar-refractivity contribution in [1.29, 1.82) is 0 Å². The first-order chi connectivity index (χ1) is 11.5. The number of likely N-dealkylation sites (tertiary alicyclic amines) is 1. The Labute approximate surface area is 150 Å². The molecular weight excluding hydrogens is 347 g/mol. The summed E-state index contributed by atoms with van der Waals surface area (Å²) in [6.07, 6.45) is 2.06. The maximum atomic E-state index is 12.4. The summed E-state index contributed by atoms with van der Waals surface area (Å²) in [4.78, 5) is 26.6. The third-order valence-corrected chi connectivity index (χ3v) is 4.68. The van der Waals surface area contributed by atoms with Crippen LogP contribution in [0.1, 0.15) is 33.6 Å². The van der Waals surface area contributed by atoms with E-state index < -0.39 is 0 Å². The van der Waals surface area contributed by atoms with Gasteiger partial charge in [0.25, 0.3) is 11.8 Å². The molecule has 1 N–H and O–H groups in total. The second-order valence-electron chi connectivity index (χ2n) is 5.66. The topological polar surface area (TPSA) is 49.4 Å². The zero-order chi connectivity index (χ0) is 17.1. The van der Waals surface area contributed by atoms with Gasteiger partial charge in [-0.3, -0.25) is 9.59 Å². The molecule has 0 radical (unpaired) electrons. The van der Waals surface area contributed by atoms with E-state index in [0.717, 1.165) is 25.9 Å². The number of rotatable bonds is 3. The molecule has 0 aromatic heterocycles. The number of halogens is 2. The van der Waals surface area contributed by atoms with Crippen LogP contribution in [0.4, 0.5) is 5.69 Å². The number of nitrogens with zero attached hydrogens (tertiary/aromatic N) is 1. The number of carbonyl (C=O) groups excluding carboxylic acids is 2. The van der Waals surface area contributed by atoms with Crippen LogP contribution in [0.25, 0.3) is 0 Å². The molecule has 0 unspecified atom stereocenters. The van der Waals surface area contributed by atoms with Gasteiger partial charge in [0.1, 0.15) is 0 Å². The Morgan fingerprint density at radius 2 is 1.62 bits per heavy atom. The zero-order valence-electron chi connectivity index (χ0n) is 12.9. The van der Waals surface area contributed by atoms with E-state index in [2.05, 4.69) is 5.32 Å². The Hall–Kier alpha value is -2.04. The fraction of sp³-hybridized carbons (Fsp3) is 0.222. The van der Waals surface area contributed by atoms with Gasteiger partial charge < -0.3 is 10.2 Å². The first-order valence-corrected chi connectivity index (χ1v) is 8.46. The van der Waals surface area contributed by atoms with Crippen LogP contribution >= 0.6 is 23.2 Å². The summed E-state index contributed by atoms with van der Waals surface area (Å²) >= 11 is 11.8. The summed E-state index contributed by atoms with van der Waals surface area (Å²) < 4.78 is 0. The first kappa shape index (κ1) is 16.8. The standard InChI is InChI=1S/C18H16Cl2N2O2/c19-15-7-6-14(11-16(15)20)21-17(23)12-4-3-5-13(10-12)18(24)22-8-1-2-9-22/h3-7,10-11H,1-2,8-9H2,(H,21,23). The fourth-order valence-electron chi connectivity index (χ4n) is 2.67. The quantitative estimate of drug-likeness (QED) is 0.874. The van der Waals surface area contributed by atoms with Crippen LogP contribution in [0, 0.1) is 0 Å². The molecule has 1 aliphatic rings. The summed E-state index contributed by atoms with van der Waals surface area (Å²) in [5, 5.41) is 3.55. The molecule has 2 amide bonds. The van der Waals surface area contributed by atoms with Crippen molar-refractivity contribution >= 4 is 40.7 Å². The van der Waals surface area contributed by atoms with Crippen molar-refractivity contribution in [2.24, 2.45) is 0 Å². The normalized spacial score (nSPS) is 13.8. The molecule has 0 atom stereocenters. The first-order valence-electron chi connectivity index (χ1n) is 7.70. The number of amides is 2. The highest BCUT2D eigenvalue weighted by atomic mass is 35.5. The minimum Gasteiger partial charge on any atom is -0.339 e. The maximum Gasteiger partial charge on any atom is 0.255 e. The van der Waals surface area contributed by atoms with Gasteiger partial charge in [0.15, 0.2) is 0 Å². The van der Waals surface area contributed by atoms with Crippen molar-refractivity contribution < 1.29 is 9.59 Å². The van der Waals surface area contributed by atoms with Crippen LogP contribution in [0.3, 0.4) is 0 Å². The molecule has 6 heteroatoms. The fourth-order valence-corrected chi connectivity index (χ4v) is 2.97. The van der Waals surface area contributed by atoms with E-state index in [1.165, 1.54) is 0 Å². The molecule has 1 saturated heterocycles. The molecule has 24 heavy (non-hydrogen) atoms. The van der Waals surface area contributed by atoms with Crippen molar-refractivity contribution in [1.82, 2.24) is 4.90 Å². The smallest absolute Gasteiger partial charge is 0.255 e. The van der Waals surface area contributed by atoms with Gasteiger partial charge in [-0.2, -0.15) is 0 Å². The Bertz CT molecular complexity index is 786. The monoisotopic (exact) mass is 362 g/mol. The molecule has 0 spiro atoms. The van der Waals surface area contributed by atoms with Crippen molar-refractivity contribution in [2.45, 2.75) is 12.8 Å². The molecule has 1 aliphatic heterocycles. The molecule has 0 saturated carbocycles. The molecule has 0 bridgehead atoms. The van der Waals surface area contributed by atoms with E-state index in [0.29, 0.717) is 26.9 Å². The van der Waals surface area contributed by atoms with Crippen LogP contribution in [-0.2, 0) is 0 Å². The van der Waals surface area contributed by atoms with Gasteiger partial charge in [-0.25, -0.2) is 0 Å². The van der Waals surface area contributed by atoms with Crippen LogP contribution < -0.4 is 5.32 Å². The average molecular weight is 363 g/mol. The zero-order valence-corrected chi connectivity index (χ0v) is 14.4. The number of hydrogen-bond donors (Lipinski definition) is 1. The highest BCUT2D eigenvalue weighted by Crippen LogP contribution is 2.25. The summed E-state index contributed by atoms with van der Waals surface area (Å²) in [7, 11) is 0. The summed E-state index contributed by atoms with van der Waals surface area (Å²) in [6, 6.07) is 11.6. The van der Waals surface area contributed by atoms with Gasteiger partial charge in [-0.1, -0.05) is 29.3 Å². The predicted octanol–water partition coefficient (Wildman–Crippen LogP) is 4.48. The lowest BCUT2D eigenvalue weighted by atomic mass is 10.1. The van der Waals surface area contributed by atoms with E-state index in [1.807, 2.05) is 4.90 Å². The Morgan fingerprint density at radius 1 is 0.917 bits per heavy atom. The van der Waals surface area contributed by atoms with Crippen LogP contribution in [0.15, 0.2) is 42.5 Å². The highest BCUT2D eigenvalue weighted by Gasteiger charge is 2.20. The molecule has 3 rings (SSSR count). The Kier molecular flexibility index (Phi) is 5.07. The van der Waals surface area contributed by atoms with E-state index in [1.54, 1.807) is 42.5 Å². The lowest BCUT2D eigenvalue weighted by Gasteiger charge is -2.15. The van der Waals surface area contributed by atoms with Crippen molar-refractivity contribution in [3.63, 3.8) is 0 Å². The van der Waals surface area contributed by atoms with E-state index in [4.69, 9.17) is 23.2 Å². The summed E-state index contributed by atoms with van der Waals surface area (Å²) in [6.45, 7) is 1.55. The minimum atomic E-state index is -0.301. The predicted molar refractivity (Wildman–Crippen MR) is 96.0 cm³/mol. The third-order valence-electron chi connectivity index (χ3n) is 3.94. The van der Waals surface area contributed by atoms with Gasteiger partial charge >= 0.3 is 0 Å². The second kappa shape index (κ2) is 7.24. The highest BCUT2D eigenvalue weighted by molar-refractivity contribution is 6.42. The number of carbonyl (C=O) groups is 2. The maximum absolute atomic E-state index is 12.4. The molecule has 1 fully saturated rings. The molecule has 2 aromatic carbocycles. The molecule has 1 heterocycles. The molecule has 124 valence electrons. The lowest BCUT2D eigenvalue weighted by Crippen LogP contribution is -2.27. The molecular formula is C18H16Cl2N2O2. The van der Waals surface area contributed by atoms with E-state index in [-0.39, 0.29) is 11.8 Å². The van der Waals surface area contributed by atoms with Gasteiger partial charge in [0.05, 0.1) is 10.0 Å². The van der Waals surface area contributed by atoms with Crippen molar-refractivity contribution in [3.8, 4) is 0 Å². The van der Waals surface area contributed by atoms with Gasteiger partial charge in [0, 0.05) is 29.9 Å². The summed E-state index contributed by atoms with van der Waals surface area (Å²) in [5.41, 5.74) is 1.50. The lowest BCUT2D eigenvalue weighted by molar-refractivity contribution is 0.0793. The van der Waals surface area contributed by atoms with Gasteiger partial charge in [-0.05, 0) is 49.2 Å². The Balaban J connectivity index is 1.76. The average Bonchev–Trinajstić information content (AvgIpc) is 3.12. The van der Waals surface area contributed by atoms with E-state index in [9.17, 15) is 9.59 Å². The van der Waals surface area contributed by atoms with Gasteiger partial charge in [0.2, 0.25) is 0 Å². The number of benzene rings is 2. The number of anilines is 1. The van der Waals surface area contributed by atoms with Crippen molar-refractivity contribution in [2.75, 3.05) is 18.4 Å². The number of nitrogens with one attached hydrogen (secondary N) is 1. The SMILES string of the molecule is O=C(Nc1ccc(Cl)c(Cl)c1)c1cccc(C(=O)N2CCCC2)c1. The third kappa shape index (κ3) is 3.71. The van der Waals surface area contributed by atoms with Crippen molar-refractivity contribution in [3.05, 3.63) is 63.6 Å². The van der Waals surface area contributed by atoms with Gasteiger partial charge in [-0.15, -0.1) is 0 Å². The second-order valence-corrected chi connectivity index (χ2v) is 6.48. The van der Waals surface area contributed by atoms with Crippen LogP contribution in [-0.4, -0.2) is 29.8 Å². The molecule has 4 nitrogen and oxygen atoms in total. The number of hydrogen-bond acceptors (Lipinski definition) is 2.